The zero-order chi connectivity index (χ0) is 22.7. The first-order chi connectivity index (χ1) is 16.1. The van der Waals surface area contributed by atoms with E-state index >= 15 is 0 Å². The SMILES string of the molecule is Clc1ccc(Cn2ccc(CN3CCC(c4ccccc4)(c4ccccc4)CC3)n2)cc1Cl. The highest BCUT2D eigenvalue weighted by atomic mass is 35.5. The van der Waals surface area contributed by atoms with Crippen molar-refractivity contribution >= 4 is 23.2 Å². The molecule has 0 amide bonds. The van der Waals surface area contributed by atoms with E-state index in [1.54, 1.807) is 0 Å². The molecule has 0 aliphatic carbocycles. The van der Waals surface area contributed by atoms with Gasteiger partial charge in [-0.1, -0.05) is 89.9 Å². The van der Waals surface area contributed by atoms with E-state index in [2.05, 4.69) is 71.6 Å². The lowest BCUT2D eigenvalue weighted by atomic mass is 9.68. The molecule has 0 unspecified atom stereocenters. The molecule has 0 saturated carbocycles. The van der Waals surface area contributed by atoms with Crippen LogP contribution in [0.3, 0.4) is 0 Å². The summed E-state index contributed by atoms with van der Waals surface area (Å²) in [6, 6.07) is 29.8. The van der Waals surface area contributed by atoms with Crippen molar-refractivity contribution in [3.63, 3.8) is 0 Å². The third-order valence-electron chi connectivity index (χ3n) is 6.77. The molecular weight excluding hydrogens is 449 g/mol. The van der Waals surface area contributed by atoms with Gasteiger partial charge in [-0.3, -0.25) is 9.58 Å². The summed E-state index contributed by atoms with van der Waals surface area (Å²) < 4.78 is 1.97. The van der Waals surface area contributed by atoms with Crippen LogP contribution in [0.25, 0.3) is 0 Å². The van der Waals surface area contributed by atoms with Crippen molar-refractivity contribution in [2.24, 2.45) is 0 Å². The van der Waals surface area contributed by atoms with Gasteiger partial charge in [-0.05, 0) is 60.8 Å². The van der Waals surface area contributed by atoms with Crippen LogP contribution in [-0.2, 0) is 18.5 Å². The van der Waals surface area contributed by atoms with Gasteiger partial charge in [0, 0.05) is 18.2 Å². The van der Waals surface area contributed by atoms with Crippen LogP contribution in [0, 0.1) is 0 Å². The Labute approximate surface area is 205 Å². The maximum absolute atomic E-state index is 6.16. The average Bonchev–Trinajstić information content (AvgIpc) is 3.30. The molecule has 3 nitrogen and oxygen atoms in total. The number of nitrogens with zero attached hydrogens (tertiary/aromatic N) is 3. The molecule has 0 radical (unpaired) electrons. The van der Waals surface area contributed by atoms with E-state index in [4.69, 9.17) is 28.3 Å². The molecule has 3 aromatic carbocycles. The molecule has 0 bridgehead atoms. The van der Waals surface area contributed by atoms with Crippen LogP contribution >= 0.6 is 23.2 Å². The van der Waals surface area contributed by atoms with Crippen LogP contribution in [0.15, 0.2) is 91.1 Å². The molecule has 1 fully saturated rings. The van der Waals surface area contributed by atoms with Crippen molar-refractivity contribution < 1.29 is 0 Å². The van der Waals surface area contributed by atoms with Gasteiger partial charge in [0.15, 0.2) is 0 Å². The van der Waals surface area contributed by atoms with Crippen molar-refractivity contribution in [1.29, 1.82) is 0 Å². The normalized spacial score (nSPS) is 16.1. The molecule has 0 spiro atoms. The standard InChI is InChI=1S/C28H27Cl2N3/c29-26-12-11-22(19-27(26)30)20-33-16-13-25(31-33)21-32-17-14-28(15-18-32,23-7-3-1-4-8-23)24-9-5-2-6-10-24/h1-13,16,19H,14-15,17-18,20-21H2. The van der Waals surface area contributed by atoms with Crippen LogP contribution in [0.2, 0.25) is 10.0 Å². The average molecular weight is 476 g/mol. The lowest BCUT2D eigenvalue weighted by molar-refractivity contribution is 0.170. The molecule has 4 aromatic rings. The largest absolute Gasteiger partial charge is 0.297 e. The Hall–Kier alpha value is -2.59. The van der Waals surface area contributed by atoms with Gasteiger partial charge < -0.3 is 0 Å². The maximum atomic E-state index is 6.16. The lowest BCUT2D eigenvalue weighted by Crippen LogP contribution is -2.43. The molecule has 0 N–H and O–H groups in total. The van der Waals surface area contributed by atoms with Gasteiger partial charge in [-0.2, -0.15) is 5.10 Å². The van der Waals surface area contributed by atoms with Gasteiger partial charge in [0.2, 0.25) is 0 Å². The lowest BCUT2D eigenvalue weighted by Gasteiger charge is -2.42. The van der Waals surface area contributed by atoms with Crippen LogP contribution in [0.1, 0.15) is 35.2 Å². The van der Waals surface area contributed by atoms with E-state index in [0.717, 1.165) is 43.7 Å². The van der Waals surface area contributed by atoms with E-state index in [9.17, 15) is 0 Å². The smallest absolute Gasteiger partial charge is 0.0764 e. The van der Waals surface area contributed by atoms with E-state index in [1.165, 1.54) is 11.1 Å². The second kappa shape index (κ2) is 9.72. The number of aromatic nitrogens is 2. The summed E-state index contributed by atoms with van der Waals surface area (Å²) in [4.78, 5) is 2.52. The van der Waals surface area contributed by atoms with E-state index in [-0.39, 0.29) is 5.41 Å². The molecule has 33 heavy (non-hydrogen) atoms. The molecule has 0 atom stereocenters. The molecule has 1 saturated heterocycles. The van der Waals surface area contributed by atoms with Gasteiger partial charge >= 0.3 is 0 Å². The van der Waals surface area contributed by atoms with Crippen LogP contribution in [0.5, 0.6) is 0 Å². The second-order valence-corrected chi connectivity index (χ2v) is 9.66. The number of likely N-dealkylation sites (tertiary alicyclic amines) is 1. The Morgan fingerprint density at radius 2 is 1.36 bits per heavy atom. The molecule has 1 aliphatic heterocycles. The Morgan fingerprint density at radius 1 is 0.727 bits per heavy atom. The summed E-state index contributed by atoms with van der Waals surface area (Å²) in [5, 5.41) is 5.96. The predicted molar refractivity (Wildman–Crippen MR) is 136 cm³/mol. The highest BCUT2D eigenvalue weighted by Gasteiger charge is 2.37. The third kappa shape index (κ3) is 4.86. The molecular formula is C28H27Cl2N3. The fraction of sp³-hybridized carbons (Fsp3) is 0.250. The molecule has 2 heterocycles. The quantitative estimate of drug-likeness (QED) is 0.305. The molecule has 168 valence electrons. The summed E-state index contributed by atoms with van der Waals surface area (Å²) >= 11 is 12.2. The van der Waals surface area contributed by atoms with Crippen molar-refractivity contribution in [2.75, 3.05) is 13.1 Å². The topological polar surface area (TPSA) is 21.1 Å². The van der Waals surface area contributed by atoms with E-state index < -0.39 is 0 Å². The minimum atomic E-state index is 0.0756. The summed E-state index contributed by atoms with van der Waals surface area (Å²) in [6.07, 6.45) is 4.25. The fourth-order valence-corrected chi connectivity index (χ4v) is 5.30. The summed E-state index contributed by atoms with van der Waals surface area (Å²) in [7, 11) is 0. The first-order valence-corrected chi connectivity index (χ1v) is 12.2. The molecule has 5 rings (SSSR count). The highest BCUT2D eigenvalue weighted by molar-refractivity contribution is 6.42. The van der Waals surface area contributed by atoms with Gasteiger partial charge in [0.1, 0.15) is 0 Å². The zero-order valence-electron chi connectivity index (χ0n) is 18.5. The number of benzene rings is 3. The van der Waals surface area contributed by atoms with Gasteiger partial charge in [-0.25, -0.2) is 0 Å². The van der Waals surface area contributed by atoms with Gasteiger partial charge in [0.05, 0.1) is 22.3 Å². The van der Waals surface area contributed by atoms with Crippen LogP contribution < -0.4 is 0 Å². The number of halogens is 2. The first kappa shape index (κ1) is 22.2. The summed E-state index contributed by atoms with van der Waals surface area (Å²) in [5.41, 5.74) is 5.10. The van der Waals surface area contributed by atoms with Crippen LogP contribution in [-0.4, -0.2) is 27.8 Å². The van der Waals surface area contributed by atoms with Crippen molar-refractivity contribution in [3.8, 4) is 0 Å². The van der Waals surface area contributed by atoms with Crippen molar-refractivity contribution in [1.82, 2.24) is 14.7 Å². The Morgan fingerprint density at radius 3 is 1.97 bits per heavy atom. The Kier molecular flexibility index (Phi) is 6.55. The number of hydrogen-bond donors (Lipinski definition) is 0. The van der Waals surface area contributed by atoms with Gasteiger partial charge in [-0.15, -0.1) is 0 Å². The van der Waals surface area contributed by atoms with Crippen LogP contribution in [0.4, 0.5) is 0 Å². The summed E-state index contributed by atoms with van der Waals surface area (Å²) in [6.45, 7) is 3.64. The third-order valence-corrected chi connectivity index (χ3v) is 7.51. The van der Waals surface area contributed by atoms with E-state index in [0.29, 0.717) is 16.6 Å². The Balaban J connectivity index is 1.27. The van der Waals surface area contributed by atoms with Gasteiger partial charge in [0.25, 0.3) is 0 Å². The molecule has 1 aromatic heterocycles. The Bertz CT molecular complexity index is 1150. The predicted octanol–water partition coefficient (Wildman–Crippen LogP) is 6.82. The number of hydrogen-bond acceptors (Lipinski definition) is 2. The number of piperidine rings is 1. The molecule has 1 aliphatic rings. The fourth-order valence-electron chi connectivity index (χ4n) is 4.98. The van der Waals surface area contributed by atoms with E-state index in [1.807, 2.05) is 29.1 Å². The summed E-state index contributed by atoms with van der Waals surface area (Å²) in [5.74, 6) is 0. The maximum Gasteiger partial charge on any atom is 0.0764 e. The second-order valence-electron chi connectivity index (χ2n) is 8.84. The minimum Gasteiger partial charge on any atom is -0.297 e. The van der Waals surface area contributed by atoms with Crippen molar-refractivity contribution in [3.05, 3.63) is 124 Å². The zero-order valence-corrected chi connectivity index (χ0v) is 20.0. The molecule has 5 heteroatoms. The highest BCUT2D eigenvalue weighted by Crippen LogP contribution is 2.41. The van der Waals surface area contributed by atoms with Crippen molar-refractivity contribution in [2.45, 2.75) is 31.3 Å². The monoisotopic (exact) mass is 475 g/mol. The number of rotatable bonds is 6. The minimum absolute atomic E-state index is 0.0756. The first-order valence-electron chi connectivity index (χ1n) is 11.4.